The summed E-state index contributed by atoms with van der Waals surface area (Å²) in [6, 6.07) is 2.20. The maximum Gasteiger partial charge on any atom is 0.0918 e. The highest BCUT2D eigenvalue weighted by Gasteiger charge is 2.54. The molecule has 2 aliphatic rings. The Morgan fingerprint density at radius 1 is 1.25 bits per heavy atom. The number of aliphatic hydroxyl groups excluding tert-OH is 1. The zero-order chi connectivity index (χ0) is 11.3. The second-order valence-corrected chi connectivity index (χ2v) is 6.83. The maximum absolute atomic E-state index is 10.5. The third kappa shape index (κ3) is 1.63. The molecule has 0 bridgehead atoms. The summed E-state index contributed by atoms with van der Waals surface area (Å²) in [6.07, 6.45) is 5.30. The van der Waals surface area contributed by atoms with Crippen LogP contribution in [0.2, 0.25) is 0 Å². The van der Waals surface area contributed by atoms with Crippen LogP contribution in [0.5, 0.6) is 0 Å². The molecule has 2 saturated carbocycles. The first kappa shape index (κ1) is 10.8. The lowest BCUT2D eigenvalue weighted by Crippen LogP contribution is -2.01. The van der Waals surface area contributed by atoms with Crippen molar-refractivity contribution in [1.29, 1.82) is 0 Å². The van der Waals surface area contributed by atoms with Crippen molar-refractivity contribution in [3.05, 3.63) is 21.4 Å². The summed E-state index contributed by atoms with van der Waals surface area (Å²) in [7, 11) is 0. The molecule has 3 rings (SSSR count). The fourth-order valence-electron chi connectivity index (χ4n) is 3.64. The van der Waals surface area contributed by atoms with Gasteiger partial charge in [-0.15, -0.1) is 11.3 Å². The average molecular weight is 236 g/mol. The van der Waals surface area contributed by atoms with E-state index in [1.54, 1.807) is 11.3 Å². The Labute approximate surface area is 102 Å². The molecule has 0 aromatic carbocycles. The largest absolute Gasteiger partial charge is 0.387 e. The first-order valence-corrected chi connectivity index (χ1v) is 7.25. The van der Waals surface area contributed by atoms with Crippen molar-refractivity contribution in [2.45, 2.75) is 45.6 Å². The monoisotopic (exact) mass is 236 g/mol. The van der Waals surface area contributed by atoms with E-state index in [1.165, 1.54) is 41.0 Å². The van der Waals surface area contributed by atoms with Crippen LogP contribution < -0.4 is 0 Å². The summed E-state index contributed by atoms with van der Waals surface area (Å²) < 4.78 is 0. The van der Waals surface area contributed by atoms with Gasteiger partial charge in [-0.2, -0.15) is 0 Å². The minimum Gasteiger partial charge on any atom is -0.387 e. The zero-order valence-corrected chi connectivity index (χ0v) is 10.9. The van der Waals surface area contributed by atoms with E-state index in [1.807, 2.05) is 0 Å². The van der Waals surface area contributed by atoms with Gasteiger partial charge in [-0.1, -0.05) is 12.8 Å². The highest BCUT2D eigenvalue weighted by molar-refractivity contribution is 7.12. The fraction of sp³-hybridized carbons (Fsp3) is 0.714. The van der Waals surface area contributed by atoms with Gasteiger partial charge in [0.25, 0.3) is 0 Å². The number of fused-ring (bicyclic) bond motifs is 1. The highest BCUT2D eigenvalue weighted by Crippen LogP contribution is 2.61. The molecule has 0 radical (unpaired) electrons. The first-order chi connectivity index (χ1) is 7.68. The number of aliphatic hydroxyl groups is 1. The van der Waals surface area contributed by atoms with E-state index in [0.29, 0.717) is 5.92 Å². The number of hydrogen-bond donors (Lipinski definition) is 1. The van der Waals surface area contributed by atoms with Gasteiger partial charge in [0.1, 0.15) is 0 Å². The first-order valence-electron chi connectivity index (χ1n) is 6.43. The molecule has 1 aromatic rings. The molecule has 1 nitrogen and oxygen atoms in total. The minimum absolute atomic E-state index is 0.174. The molecule has 1 N–H and O–H groups in total. The summed E-state index contributed by atoms with van der Waals surface area (Å²) in [4.78, 5) is 2.56. The lowest BCUT2D eigenvalue weighted by atomic mass is 10.0. The molecule has 88 valence electrons. The minimum atomic E-state index is -0.174. The van der Waals surface area contributed by atoms with Gasteiger partial charge in [0.05, 0.1) is 6.10 Å². The summed E-state index contributed by atoms with van der Waals surface area (Å²) in [5.74, 6) is 2.26. The molecule has 1 heterocycles. The van der Waals surface area contributed by atoms with E-state index < -0.39 is 0 Å². The molecular weight excluding hydrogens is 216 g/mol. The van der Waals surface area contributed by atoms with Gasteiger partial charge in [-0.3, -0.25) is 0 Å². The number of aryl methyl sites for hydroxylation is 2. The molecule has 0 saturated heterocycles. The molecule has 1 aromatic heterocycles. The summed E-state index contributed by atoms with van der Waals surface area (Å²) in [6.45, 7) is 4.27. The van der Waals surface area contributed by atoms with Crippen LogP contribution in [0.3, 0.4) is 0 Å². The predicted octanol–water partition coefficient (Wildman–Crippen LogP) is 3.83. The van der Waals surface area contributed by atoms with Gasteiger partial charge in [0.15, 0.2) is 0 Å². The van der Waals surface area contributed by atoms with E-state index in [9.17, 15) is 5.11 Å². The van der Waals surface area contributed by atoms with Crippen LogP contribution in [-0.4, -0.2) is 5.11 Å². The van der Waals surface area contributed by atoms with E-state index >= 15 is 0 Å². The molecule has 0 spiro atoms. The SMILES string of the molecule is Cc1cc(C)c(C(O)C2C3CCCCC32)s1. The van der Waals surface area contributed by atoms with Gasteiger partial charge >= 0.3 is 0 Å². The van der Waals surface area contributed by atoms with Crippen molar-refractivity contribution in [1.82, 2.24) is 0 Å². The molecule has 0 aliphatic heterocycles. The third-order valence-electron chi connectivity index (χ3n) is 4.44. The Kier molecular flexibility index (Phi) is 2.60. The number of thiophene rings is 1. The molecule has 2 aliphatic carbocycles. The Balaban J connectivity index is 1.78. The van der Waals surface area contributed by atoms with Crippen molar-refractivity contribution in [3.63, 3.8) is 0 Å². The molecule has 3 unspecified atom stereocenters. The molecular formula is C14H20OS. The quantitative estimate of drug-likeness (QED) is 0.827. The van der Waals surface area contributed by atoms with E-state index in [-0.39, 0.29) is 6.10 Å². The predicted molar refractivity (Wildman–Crippen MR) is 67.7 cm³/mol. The van der Waals surface area contributed by atoms with Crippen LogP contribution in [0.4, 0.5) is 0 Å². The second-order valence-electron chi connectivity index (χ2n) is 5.54. The van der Waals surface area contributed by atoms with E-state index in [0.717, 1.165) is 11.8 Å². The van der Waals surface area contributed by atoms with E-state index in [2.05, 4.69) is 19.9 Å². The van der Waals surface area contributed by atoms with Crippen LogP contribution in [0.1, 0.15) is 47.1 Å². The second kappa shape index (κ2) is 3.85. The summed E-state index contributed by atoms with van der Waals surface area (Å²) in [5, 5.41) is 10.5. The highest BCUT2D eigenvalue weighted by atomic mass is 32.1. The van der Waals surface area contributed by atoms with Crippen molar-refractivity contribution < 1.29 is 5.11 Å². The topological polar surface area (TPSA) is 20.2 Å². The maximum atomic E-state index is 10.5. The standard InChI is InChI=1S/C14H20OS/c1-8-7-9(2)16-14(8)13(15)12-10-5-3-4-6-11(10)12/h7,10-13,15H,3-6H2,1-2H3. The van der Waals surface area contributed by atoms with Crippen molar-refractivity contribution in [2.24, 2.45) is 17.8 Å². The lowest BCUT2D eigenvalue weighted by molar-refractivity contribution is 0.145. The zero-order valence-electron chi connectivity index (χ0n) is 10.1. The normalized spacial score (nSPS) is 34.6. The fourth-order valence-corrected chi connectivity index (χ4v) is 4.72. The third-order valence-corrected chi connectivity index (χ3v) is 5.66. The van der Waals surface area contributed by atoms with Crippen LogP contribution in [-0.2, 0) is 0 Å². The van der Waals surface area contributed by atoms with Crippen molar-refractivity contribution >= 4 is 11.3 Å². The molecule has 16 heavy (non-hydrogen) atoms. The van der Waals surface area contributed by atoms with Crippen LogP contribution >= 0.6 is 11.3 Å². The Morgan fingerprint density at radius 2 is 1.88 bits per heavy atom. The van der Waals surface area contributed by atoms with Gasteiger partial charge in [0, 0.05) is 9.75 Å². The van der Waals surface area contributed by atoms with Crippen molar-refractivity contribution in [2.75, 3.05) is 0 Å². The van der Waals surface area contributed by atoms with E-state index in [4.69, 9.17) is 0 Å². The molecule has 3 atom stereocenters. The molecule has 2 heteroatoms. The Bertz CT molecular complexity index is 383. The number of rotatable bonds is 2. The van der Waals surface area contributed by atoms with Gasteiger partial charge in [-0.05, 0) is 56.1 Å². The van der Waals surface area contributed by atoms with Crippen LogP contribution in [0, 0.1) is 31.6 Å². The lowest BCUT2D eigenvalue weighted by Gasteiger charge is -2.09. The van der Waals surface area contributed by atoms with Crippen LogP contribution in [0.25, 0.3) is 0 Å². The molecule has 0 amide bonds. The van der Waals surface area contributed by atoms with Crippen molar-refractivity contribution in [3.8, 4) is 0 Å². The average Bonchev–Trinajstić information content (AvgIpc) is 2.89. The smallest absolute Gasteiger partial charge is 0.0918 e. The number of hydrogen-bond acceptors (Lipinski definition) is 2. The summed E-state index contributed by atoms with van der Waals surface area (Å²) >= 11 is 1.79. The molecule has 2 fully saturated rings. The van der Waals surface area contributed by atoms with Gasteiger partial charge < -0.3 is 5.11 Å². The Morgan fingerprint density at radius 3 is 2.38 bits per heavy atom. The van der Waals surface area contributed by atoms with Gasteiger partial charge in [0.2, 0.25) is 0 Å². The Hall–Kier alpha value is -0.340. The van der Waals surface area contributed by atoms with Crippen LogP contribution in [0.15, 0.2) is 6.07 Å². The van der Waals surface area contributed by atoms with Gasteiger partial charge in [-0.25, -0.2) is 0 Å². The summed E-state index contributed by atoms with van der Waals surface area (Å²) in [5.41, 5.74) is 1.29.